The maximum Gasteiger partial charge on any atom is 0.323 e. The van der Waals surface area contributed by atoms with Gasteiger partial charge in [-0.05, 0) is 49.2 Å². The predicted octanol–water partition coefficient (Wildman–Crippen LogP) is 4.55. The van der Waals surface area contributed by atoms with Crippen molar-refractivity contribution >= 4 is 23.5 Å². The van der Waals surface area contributed by atoms with Crippen LogP contribution in [-0.2, 0) is 0 Å². The molecule has 0 heterocycles. The van der Waals surface area contributed by atoms with Crippen LogP contribution in [-0.4, -0.2) is 13.1 Å². The van der Waals surface area contributed by atoms with Crippen molar-refractivity contribution in [2.45, 2.75) is 13.8 Å². The van der Waals surface area contributed by atoms with E-state index in [1.165, 1.54) is 7.11 Å². The molecule has 5 heteroatoms. The number of carbonyl (C=O) groups excluding carboxylic acids is 1. The van der Waals surface area contributed by atoms with Crippen molar-refractivity contribution in [3.05, 3.63) is 59.2 Å². The summed E-state index contributed by atoms with van der Waals surface area (Å²) in [6.07, 6.45) is 3.99. The van der Waals surface area contributed by atoms with Crippen molar-refractivity contribution in [2.75, 3.05) is 17.7 Å². The number of ether oxygens (including phenoxy) is 1. The molecule has 0 aromatic heterocycles. The summed E-state index contributed by atoms with van der Waals surface area (Å²) in [5.41, 5.74) is 3.86. The molecular formula is C19H19N3O2. The number of anilines is 2. The Bertz CT molecular complexity index is 820. The lowest BCUT2D eigenvalue weighted by atomic mass is 10.1. The molecule has 2 N–H and O–H groups in total. The number of methoxy groups -OCH3 is 1. The zero-order chi connectivity index (χ0) is 17.5. The summed E-state index contributed by atoms with van der Waals surface area (Å²) in [6, 6.07) is 12.2. The summed E-state index contributed by atoms with van der Waals surface area (Å²) in [5.74, 6) is 0.418. The van der Waals surface area contributed by atoms with Crippen LogP contribution in [0.3, 0.4) is 0 Å². The molecule has 0 aliphatic rings. The van der Waals surface area contributed by atoms with E-state index in [1.807, 2.05) is 50.3 Å². The van der Waals surface area contributed by atoms with E-state index in [0.717, 1.165) is 11.1 Å². The molecular weight excluding hydrogens is 302 g/mol. The van der Waals surface area contributed by atoms with Crippen molar-refractivity contribution in [2.24, 2.45) is 0 Å². The van der Waals surface area contributed by atoms with Crippen molar-refractivity contribution in [1.82, 2.24) is 0 Å². The van der Waals surface area contributed by atoms with Gasteiger partial charge in [0.15, 0.2) is 0 Å². The number of carbonyl (C=O) groups is 1. The van der Waals surface area contributed by atoms with Crippen LogP contribution in [0.25, 0.3) is 6.08 Å². The van der Waals surface area contributed by atoms with Crippen LogP contribution < -0.4 is 15.4 Å². The number of hydrogen-bond acceptors (Lipinski definition) is 3. The van der Waals surface area contributed by atoms with Gasteiger partial charge in [-0.25, -0.2) is 4.79 Å². The van der Waals surface area contributed by atoms with Crippen LogP contribution in [0.1, 0.15) is 23.6 Å². The van der Waals surface area contributed by atoms with E-state index in [9.17, 15) is 4.79 Å². The molecule has 122 valence electrons. The highest BCUT2D eigenvalue weighted by atomic mass is 16.5. The third-order valence-electron chi connectivity index (χ3n) is 3.45. The van der Waals surface area contributed by atoms with Gasteiger partial charge >= 0.3 is 6.03 Å². The summed E-state index contributed by atoms with van der Waals surface area (Å²) in [5, 5.41) is 14.5. The summed E-state index contributed by atoms with van der Waals surface area (Å²) >= 11 is 0. The molecule has 0 aliphatic carbocycles. The quantitative estimate of drug-likeness (QED) is 0.867. The molecule has 0 spiro atoms. The van der Waals surface area contributed by atoms with Gasteiger partial charge in [-0.2, -0.15) is 5.26 Å². The van der Waals surface area contributed by atoms with Crippen LogP contribution in [0.4, 0.5) is 16.2 Å². The van der Waals surface area contributed by atoms with Crippen LogP contribution in [0.2, 0.25) is 0 Å². The van der Waals surface area contributed by atoms with Crippen molar-refractivity contribution in [1.29, 1.82) is 5.26 Å². The topological polar surface area (TPSA) is 74.2 Å². The van der Waals surface area contributed by atoms with Gasteiger partial charge in [0.25, 0.3) is 0 Å². The fourth-order valence-corrected chi connectivity index (χ4v) is 2.27. The second kappa shape index (κ2) is 7.84. The molecule has 0 aliphatic heterocycles. The minimum atomic E-state index is -0.361. The standard InChI is InChI=1S/C19H19N3O2/c1-4-5-14-6-8-16(10-13(14)2)21-19(23)22-17-9-7-15(12-20)18(11-17)24-3/h4-11H,1-3H3,(H2,21,22,23)/b5-4-. The first-order valence-electron chi connectivity index (χ1n) is 7.47. The highest BCUT2D eigenvalue weighted by molar-refractivity contribution is 6.00. The minimum Gasteiger partial charge on any atom is -0.495 e. The van der Waals surface area contributed by atoms with Gasteiger partial charge in [-0.15, -0.1) is 0 Å². The normalized spacial score (nSPS) is 10.2. The fraction of sp³-hybridized carbons (Fsp3) is 0.158. The second-order valence-electron chi connectivity index (χ2n) is 5.18. The average Bonchev–Trinajstić information content (AvgIpc) is 2.57. The van der Waals surface area contributed by atoms with Crippen LogP contribution in [0.5, 0.6) is 5.75 Å². The highest BCUT2D eigenvalue weighted by Gasteiger charge is 2.07. The molecule has 0 unspecified atom stereocenters. The molecule has 2 rings (SSSR count). The fourth-order valence-electron chi connectivity index (χ4n) is 2.27. The third-order valence-corrected chi connectivity index (χ3v) is 3.45. The SMILES string of the molecule is C/C=C\c1ccc(NC(=O)Nc2ccc(C#N)c(OC)c2)cc1C. The van der Waals surface area contributed by atoms with Gasteiger partial charge in [0.05, 0.1) is 12.7 Å². The average molecular weight is 321 g/mol. The Hall–Kier alpha value is -3.26. The Labute approximate surface area is 141 Å². The maximum absolute atomic E-state index is 12.1. The molecule has 0 radical (unpaired) electrons. The lowest BCUT2D eigenvalue weighted by molar-refractivity contribution is 0.262. The van der Waals surface area contributed by atoms with Gasteiger partial charge in [-0.1, -0.05) is 18.2 Å². The predicted molar refractivity (Wildman–Crippen MR) is 96.2 cm³/mol. The van der Waals surface area contributed by atoms with Gasteiger partial charge in [0.1, 0.15) is 11.8 Å². The molecule has 0 fully saturated rings. The van der Waals surface area contributed by atoms with Crippen LogP contribution >= 0.6 is 0 Å². The highest BCUT2D eigenvalue weighted by Crippen LogP contribution is 2.23. The number of amides is 2. The molecule has 0 saturated heterocycles. The monoisotopic (exact) mass is 321 g/mol. The van der Waals surface area contributed by atoms with Gasteiger partial charge < -0.3 is 15.4 Å². The summed E-state index contributed by atoms with van der Waals surface area (Å²) in [7, 11) is 1.48. The summed E-state index contributed by atoms with van der Waals surface area (Å²) in [4.78, 5) is 12.1. The van der Waals surface area contributed by atoms with Gasteiger partial charge in [-0.3, -0.25) is 0 Å². The first-order chi connectivity index (χ1) is 11.6. The number of benzene rings is 2. The van der Waals surface area contributed by atoms with E-state index in [4.69, 9.17) is 10.00 Å². The van der Waals surface area contributed by atoms with E-state index >= 15 is 0 Å². The Morgan fingerprint density at radius 1 is 1.17 bits per heavy atom. The van der Waals surface area contributed by atoms with Crippen LogP contribution in [0.15, 0.2) is 42.5 Å². The number of urea groups is 1. The Morgan fingerprint density at radius 3 is 2.42 bits per heavy atom. The zero-order valence-electron chi connectivity index (χ0n) is 13.9. The first kappa shape index (κ1) is 17.1. The Morgan fingerprint density at radius 2 is 1.83 bits per heavy atom. The smallest absolute Gasteiger partial charge is 0.323 e. The second-order valence-corrected chi connectivity index (χ2v) is 5.18. The van der Waals surface area contributed by atoms with E-state index in [-0.39, 0.29) is 6.03 Å². The minimum absolute atomic E-state index is 0.361. The number of nitrogens with one attached hydrogen (secondary N) is 2. The van der Waals surface area contributed by atoms with E-state index in [0.29, 0.717) is 22.7 Å². The number of nitriles is 1. The summed E-state index contributed by atoms with van der Waals surface area (Å²) in [6.45, 7) is 3.95. The van der Waals surface area contributed by atoms with Crippen molar-refractivity contribution in [3.8, 4) is 11.8 Å². The van der Waals surface area contributed by atoms with Crippen molar-refractivity contribution < 1.29 is 9.53 Å². The summed E-state index contributed by atoms with van der Waals surface area (Å²) < 4.78 is 5.13. The lowest BCUT2D eigenvalue weighted by Crippen LogP contribution is -2.19. The van der Waals surface area contributed by atoms with Gasteiger partial charge in [0.2, 0.25) is 0 Å². The number of allylic oxidation sites excluding steroid dienone is 1. The number of rotatable bonds is 4. The Kier molecular flexibility index (Phi) is 5.58. The molecule has 2 amide bonds. The molecule has 2 aromatic carbocycles. The zero-order valence-corrected chi connectivity index (χ0v) is 13.9. The molecule has 5 nitrogen and oxygen atoms in total. The maximum atomic E-state index is 12.1. The van der Waals surface area contributed by atoms with E-state index < -0.39 is 0 Å². The molecule has 2 aromatic rings. The van der Waals surface area contributed by atoms with Crippen LogP contribution in [0, 0.1) is 18.3 Å². The number of hydrogen-bond donors (Lipinski definition) is 2. The third kappa shape index (κ3) is 4.14. The number of aryl methyl sites for hydroxylation is 1. The molecule has 24 heavy (non-hydrogen) atoms. The largest absolute Gasteiger partial charge is 0.495 e. The Balaban J connectivity index is 2.08. The van der Waals surface area contributed by atoms with E-state index in [2.05, 4.69) is 10.6 Å². The van der Waals surface area contributed by atoms with Gasteiger partial charge in [0, 0.05) is 17.4 Å². The molecule has 0 saturated carbocycles. The molecule has 0 atom stereocenters. The van der Waals surface area contributed by atoms with Crippen molar-refractivity contribution in [3.63, 3.8) is 0 Å². The molecule has 0 bridgehead atoms. The van der Waals surface area contributed by atoms with E-state index in [1.54, 1.807) is 18.2 Å². The lowest BCUT2D eigenvalue weighted by Gasteiger charge is -2.11. The number of nitrogens with zero attached hydrogens (tertiary/aromatic N) is 1. The first-order valence-corrected chi connectivity index (χ1v) is 7.47.